The van der Waals surface area contributed by atoms with E-state index in [2.05, 4.69) is 4.98 Å². The molecule has 1 heterocycles. The topological polar surface area (TPSA) is 62.2 Å². The zero-order chi connectivity index (χ0) is 12.1. The second-order valence-electron chi connectivity index (χ2n) is 2.07. The van der Waals surface area contributed by atoms with E-state index in [1.807, 2.05) is 32.9 Å². The average Bonchev–Trinajstić information content (AvgIpc) is 2.26. The summed E-state index contributed by atoms with van der Waals surface area (Å²) in [5.74, 6) is 0. The Kier molecular flexibility index (Phi) is 14.4. The quantitative estimate of drug-likeness (QED) is 0.464. The van der Waals surface area contributed by atoms with Crippen LogP contribution in [0.15, 0.2) is 23.2 Å². The summed E-state index contributed by atoms with van der Waals surface area (Å²) in [5, 5.41) is 7.32. The molecule has 0 aliphatic heterocycles. The normalized spacial score (nSPS) is 7.80. The maximum atomic E-state index is 9.99. The Bertz CT molecular complexity index is 240. The van der Waals surface area contributed by atoms with Gasteiger partial charge in [0, 0.05) is 23.8 Å². The molecule has 1 aromatic heterocycles. The fourth-order valence-corrected chi connectivity index (χ4v) is 0.951. The van der Waals surface area contributed by atoms with Gasteiger partial charge in [0.1, 0.15) is 0 Å². The molecule has 0 amide bonds. The minimum Gasteiger partial charge on any atom is -0.317 e. The minimum atomic E-state index is 0.798. The van der Waals surface area contributed by atoms with Crippen LogP contribution in [0.25, 0.3) is 0 Å². The van der Waals surface area contributed by atoms with Crippen molar-refractivity contribution in [3.8, 4) is 0 Å². The van der Waals surface area contributed by atoms with Crippen molar-refractivity contribution in [3.63, 3.8) is 0 Å². The van der Waals surface area contributed by atoms with Crippen LogP contribution in [0.1, 0.15) is 19.5 Å². The first-order valence-electron chi connectivity index (χ1n) is 4.58. The molecular weight excluding hydrogens is 212 g/mol. The van der Waals surface area contributed by atoms with Crippen molar-refractivity contribution >= 4 is 17.4 Å². The summed E-state index contributed by atoms with van der Waals surface area (Å²) in [6.45, 7) is 5.91. The molecule has 86 valence electrons. The summed E-state index contributed by atoms with van der Waals surface area (Å²) in [7, 11) is 1.43. The van der Waals surface area contributed by atoms with E-state index in [1.165, 1.54) is 7.05 Å². The molecule has 0 radical (unpaired) electrons. The van der Waals surface area contributed by atoms with Gasteiger partial charge in [-0.1, -0.05) is 25.6 Å². The van der Waals surface area contributed by atoms with E-state index in [0.717, 1.165) is 28.0 Å². The van der Waals surface area contributed by atoms with Gasteiger partial charge in [0.05, 0.1) is 0 Å². The van der Waals surface area contributed by atoms with E-state index in [0.29, 0.717) is 0 Å². The third kappa shape index (κ3) is 11.0. The number of hydrogen-bond donors (Lipinski definition) is 2. The van der Waals surface area contributed by atoms with Crippen LogP contribution in [-0.2, 0) is 4.79 Å². The van der Waals surface area contributed by atoms with E-state index in [-0.39, 0.29) is 0 Å². The molecule has 0 fully saturated rings. The summed E-state index contributed by atoms with van der Waals surface area (Å²) in [4.78, 5) is 14.9. The maximum Gasteiger partial charge on any atom is 0.181 e. The van der Waals surface area contributed by atoms with E-state index < -0.39 is 0 Å². The minimum absolute atomic E-state index is 0.798. The molecule has 0 unspecified atom stereocenters. The van der Waals surface area contributed by atoms with Gasteiger partial charge in [-0.05, 0) is 19.1 Å². The van der Waals surface area contributed by atoms with Gasteiger partial charge in [-0.25, -0.2) is 5.48 Å². The number of hydroxylamine groups is 1. The zero-order valence-electron chi connectivity index (χ0n) is 9.52. The number of aryl methyl sites for hydroxylation is 1. The first-order chi connectivity index (χ1) is 7.24. The van der Waals surface area contributed by atoms with Crippen molar-refractivity contribution in [2.75, 3.05) is 7.05 Å². The fraction of sp³-hybridized carbons (Fsp3) is 0.400. The number of aromatic nitrogens is 1. The predicted octanol–water partition coefficient (Wildman–Crippen LogP) is 2.29. The largest absolute Gasteiger partial charge is 0.317 e. The summed E-state index contributed by atoms with van der Waals surface area (Å²) < 4.78 is 0. The smallest absolute Gasteiger partial charge is 0.181 e. The third-order valence-corrected chi connectivity index (χ3v) is 1.68. The van der Waals surface area contributed by atoms with Crippen molar-refractivity contribution in [2.45, 2.75) is 25.7 Å². The highest BCUT2D eigenvalue weighted by atomic mass is 32.2. The number of nitrogens with one attached hydrogen (secondary N) is 1. The second-order valence-corrected chi connectivity index (χ2v) is 2.97. The van der Waals surface area contributed by atoms with E-state index >= 15 is 0 Å². The van der Waals surface area contributed by atoms with Crippen LogP contribution in [0.2, 0.25) is 0 Å². The molecule has 0 saturated carbocycles. The van der Waals surface area contributed by atoms with Gasteiger partial charge in [0.2, 0.25) is 0 Å². The van der Waals surface area contributed by atoms with Crippen molar-refractivity contribution < 1.29 is 10.0 Å². The number of pyridine rings is 1. The number of carbonyl (C=O) groups is 1. The Balaban J connectivity index is 0. The lowest BCUT2D eigenvalue weighted by Gasteiger charge is -1.92. The van der Waals surface area contributed by atoms with Crippen molar-refractivity contribution in [3.05, 3.63) is 24.0 Å². The highest BCUT2D eigenvalue weighted by Gasteiger charge is 1.90. The van der Waals surface area contributed by atoms with Gasteiger partial charge in [-0.15, -0.1) is 0 Å². The molecule has 2 N–H and O–H groups in total. The number of nitrogens with zero attached hydrogens (tertiary/aromatic N) is 1. The first kappa shape index (κ1) is 16.5. The Morgan fingerprint density at radius 1 is 1.47 bits per heavy atom. The summed E-state index contributed by atoms with van der Waals surface area (Å²) in [5.41, 5.74) is 3.52. The van der Waals surface area contributed by atoms with E-state index in [1.54, 1.807) is 11.7 Å². The SMILES string of the molecule is CC.CNO.Cc1ccc(SC=O)cn1. The standard InChI is InChI=1S/C7H7NOS.C2H6.CH5NO/c1-6-2-3-7(4-8-6)10-5-9;1-2;1-2-3/h2-5H,1H3;1-2H3;2-3H,1H3. The van der Waals surface area contributed by atoms with Crippen LogP contribution in [0.4, 0.5) is 0 Å². The van der Waals surface area contributed by atoms with Crippen molar-refractivity contribution in [1.29, 1.82) is 0 Å². The molecule has 0 atom stereocenters. The molecule has 1 aromatic rings. The molecule has 1 rings (SSSR count). The van der Waals surface area contributed by atoms with Gasteiger partial charge < -0.3 is 5.21 Å². The molecule has 4 nitrogen and oxygen atoms in total. The predicted molar refractivity (Wildman–Crippen MR) is 63.8 cm³/mol. The van der Waals surface area contributed by atoms with Crippen molar-refractivity contribution in [1.82, 2.24) is 10.5 Å². The molecule has 15 heavy (non-hydrogen) atoms. The van der Waals surface area contributed by atoms with Crippen LogP contribution in [0, 0.1) is 6.92 Å². The van der Waals surface area contributed by atoms with E-state index in [4.69, 9.17) is 5.21 Å². The number of hydrogen-bond acceptors (Lipinski definition) is 5. The Morgan fingerprint density at radius 3 is 2.33 bits per heavy atom. The average molecular weight is 230 g/mol. The summed E-state index contributed by atoms with van der Waals surface area (Å²) >= 11 is 1.14. The summed E-state index contributed by atoms with van der Waals surface area (Å²) in [6, 6.07) is 3.76. The van der Waals surface area contributed by atoms with Crippen LogP contribution >= 0.6 is 11.8 Å². The van der Waals surface area contributed by atoms with Gasteiger partial charge in [0.15, 0.2) is 5.62 Å². The number of carbonyl (C=O) groups excluding carboxylic acids is 1. The van der Waals surface area contributed by atoms with E-state index in [9.17, 15) is 4.79 Å². The molecule has 5 heteroatoms. The van der Waals surface area contributed by atoms with Crippen LogP contribution in [0.3, 0.4) is 0 Å². The lowest BCUT2D eigenvalue weighted by atomic mass is 10.4. The molecule has 0 aliphatic carbocycles. The number of rotatable bonds is 2. The zero-order valence-corrected chi connectivity index (χ0v) is 10.3. The Hall–Kier alpha value is -0.910. The molecule has 0 aromatic carbocycles. The molecule has 0 spiro atoms. The van der Waals surface area contributed by atoms with Crippen LogP contribution < -0.4 is 5.48 Å². The first-order valence-corrected chi connectivity index (χ1v) is 5.46. The van der Waals surface area contributed by atoms with Crippen molar-refractivity contribution in [2.24, 2.45) is 0 Å². The fourth-order valence-electron chi connectivity index (χ4n) is 0.580. The van der Waals surface area contributed by atoms with Gasteiger partial charge in [-0.3, -0.25) is 9.78 Å². The van der Waals surface area contributed by atoms with Crippen LogP contribution in [0.5, 0.6) is 0 Å². The highest BCUT2D eigenvalue weighted by Crippen LogP contribution is 2.12. The monoisotopic (exact) mass is 230 g/mol. The lowest BCUT2D eigenvalue weighted by molar-refractivity contribution is 0.194. The third-order valence-electron chi connectivity index (χ3n) is 1.07. The summed E-state index contributed by atoms with van der Waals surface area (Å²) in [6.07, 6.45) is 1.69. The molecular formula is C10H18N2O2S. The van der Waals surface area contributed by atoms with Crippen LogP contribution in [-0.4, -0.2) is 22.9 Å². The van der Waals surface area contributed by atoms with Gasteiger partial charge in [0.25, 0.3) is 0 Å². The molecule has 0 bridgehead atoms. The van der Waals surface area contributed by atoms with Gasteiger partial charge >= 0.3 is 0 Å². The second kappa shape index (κ2) is 13.1. The Morgan fingerprint density at radius 2 is 2.00 bits per heavy atom. The highest BCUT2D eigenvalue weighted by molar-refractivity contribution is 8.11. The molecule has 0 aliphatic rings. The Labute approximate surface area is 95.1 Å². The maximum absolute atomic E-state index is 9.99. The molecule has 0 saturated heterocycles. The lowest BCUT2D eigenvalue weighted by Crippen LogP contribution is -1.91. The number of thioether (sulfide) groups is 1. The van der Waals surface area contributed by atoms with Gasteiger partial charge in [-0.2, -0.15) is 0 Å².